The molecule has 1 aromatic rings. The molecule has 1 aromatic heterocycles. The third-order valence-corrected chi connectivity index (χ3v) is 7.04. The number of piperazine rings is 1. The normalized spacial score (nSPS) is 23.1. The van der Waals surface area contributed by atoms with Gasteiger partial charge < -0.3 is 20.3 Å². The average Bonchev–Trinajstić information content (AvgIpc) is 3.26. The van der Waals surface area contributed by atoms with Crippen molar-refractivity contribution in [1.82, 2.24) is 14.8 Å². The van der Waals surface area contributed by atoms with Crippen LogP contribution >= 0.6 is 0 Å². The van der Waals surface area contributed by atoms with Crippen LogP contribution < -0.4 is 10.6 Å². The van der Waals surface area contributed by atoms with Crippen LogP contribution in [0.4, 0.5) is 5.82 Å². The monoisotopic (exact) mass is 470 g/mol. The molecule has 4 rings (SSSR count). The first-order valence-electron chi connectivity index (χ1n) is 12.5. The Kier molecular flexibility index (Phi) is 9.47. The maximum atomic E-state index is 9.18. The van der Waals surface area contributed by atoms with E-state index in [2.05, 4.69) is 51.4 Å². The van der Waals surface area contributed by atoms with E-state index in [-0.39, 0.29) is 6.04 Å². The first-order valence-corrected chi connectivity index (χ1v) is 12.5. The van der Waals surface area contributed by atoms with E-state index in [1.54, 1.807) is 13.1 Å². The van der Waals surface area contributed by atoms with Crippen molar-refractivity contribution in [2.45, 2.75) is 52.1 Å². The predicted molar refractivity (Wildman–Crippen MR) is 139 cm³/mol. The number of carbonyl (C=O) groups is 1. The number of aliphatic imine (C=N–C) groups is 1. The van der Waals surface area contributed by atoms with Crippen molar-refractivity contribution >= 4 is 24.1 Å². The molecule has 3 heterocycles. The molecule has 34 heavy (non-hydrogen) atoms. The fraction of sp³-hybridized carbons (Fsp3) is 0.654. The topological polar surface area (TPSA) is 87.3 Å². The number of aromatic nitrogens is 1. The molecule has 0 bridgehead atoms. The van der Waals surface area contributed by atoms with E-state index in [9.17, 15) is 4.79 Å². The minimum Gasteiger partial charge on any atom is -0.468 e. The number of nitrogens with zero attached hydrogens (tertiary/aromatic N) is 5. The number of allylic oxidation sites excluding steroid dienone is 1. The highest BCUT2D eigenvalue weighted by Crippen LogP contribution is 2.46. The molecule has 1 aliphatic carbocycles. The fourth-order valence-corrected chi connectivity index (χ4v) is 5.55. The highest BCUT2D eigenvalue weighted by Gasteiger charge is 2.48. The summed E-state index contributed by atoms with van der Waals surface area (Å²) in [6, 6.07) is 5.11. The SMILES string of the molecule is CC(C)N=C/C(=C\N)c1cccnc1N1CCN(C2CCC3(C2)CN(C)C3)CC1.CCOC=O. The Morgan fingerprint density at radius 3 is 2.62 bits per heavy atom. The number of ether oxygens (including phenoxy) is 1. The van der Waals surface area contributed by atoms with Gasteiger partial charge in [0.1, 0.15) is 5.82 Å². The van der Waals surface area contributed by atoms with Crippen LogP contribution in [0.2, 0.25) is 0 Å². The van der Waals surface area contributed by atoms with E-state index in [1.807, 2.05) is 18.5 Å². The summed E-state index contributed by atoms with van der Waals surface area (Å²) in [7, 11) is 2.25. The number of hydrogen-bond donors (Lipinski definition) is 1. The molecule has 1 unspecified atom stereocenters. The summed E-state index contributed by atoms with van der Waals surface area (Å²) in [5.74, 6) is 1.03. The summed E-state index contributed by atoms with van der Waals surface area (Å²) < 4.78 is 4.15. The summed E-state index contributed by atoms with van der Waals surface area (Å²) in [4.78, 5) is 26.0. The van der Waals surface area contributed by atoms with Gasteiger partial charge in [0.05, 0.1) is 6.61 Å². The van der Waals surface area contributed by atoms with Crippen LogP contribution in [0.25, 0.3) is 5.57 Å². The minimum absolute atomic E-state index is 0.249. The van der Waals surface area contributed by atoms with Crippen molar-refractivity contribution in [1.29, 1.82) is 0 Å². The Morgan fingerprint density at radius 1 is 1.32 bits per heavy atom. The molecule has 2 aliphatic heterocycles. The lowest BCUT2D eigenvalue weighted by molar-refractivity contribution is -0.128. The number of likely N-dealkylation sites (tertiary alicyclic amines) is 1. The Balaban J connectivity index is 0.000000588. The molecule has 3 fully saturated rings. The molecule has 0 amide bonds. The van der Waals surface area contributed by atoms with E-state index in [1.165, 1.54) is 32.4 Å². The predicted octanol–water partition coefficient (Wildman–Crippen LogP) is 2.65. The highest BCUT2D eigenvalue weighted by molar-refractivity contribution is 6.11. The molecule has 0 aromatic carbocycles. The molecule has 0 radical (unpaired) electrons. The maximum absolute atomic E-state index is 9.18. The molecule has 188 valence electrons. The van der Waals surface area contributed by atoms with Crippen molar-refractivity contribution in [2.75, 3.05) is 57.8 Å². The number of rotatable bonds is 7. The maximum Gasteiger partial charge on any atom is 0.293 e. The Bertz CT molecular complexity index is 841. The van der Waals surface area contributed by atoms with Gasteiger partial charge in [0.2, 0.25) is 0 Å². The van der Waals surface area contributed by atoms with Crippen molar-refractivity contribution in [2.24, 2.45) is 16.1 Å². The second-order valence-electron chi connectivity index (χ2n) is 10.0. The van der Waals surface area contributed by atoms with Crippen molar-refractivity contribution in [3.63, 3.8) is 0 Å². The van der Waals surface area contributed by atoms with Gasteiger partial charge in [-0.2, -0.15) is 0 Å². The van der Waals surface area contributed by atoms with Crippen molar-refractivity contribution < 1.29 is 9.53 Å². The van der Waals surface area contributed by atoms with Gasteiger partial charge in [0.25, 0.3) is 6.47 Å². The summed E-state index contributed by atoms with van der Waals surface area (Å²) >= 11 is 0. The lowest BCUT2D eigenvalue weighted by Crippen LogP contribution is -2.54. The van der Waals surface area contributed by atoms with Gasteiger partial charge in [-0.1, -0.05) is 0 Å². The average molecular weight is 471 g/mol. The van der Waals surface area contributed by atoms with E-state index >= 15 is 0 Å². The lowest BCUT2D eigenvalue weighted by atomic mass is 9.78. The molecule has 1 spiro atoms. The number of pyridine rings is 1. The summed E-state index contributed by atoms with van der Waals surface area (Å²) in [5.41, 5.74) is 8.58. The number of hydrogen-bond acceptors (Lipinski definition) is 8. The van der Waals surface area contributed by atoms with E-state index in [4.69, 9.17) is 10.7 Å². The molecule has 2 saturated heterocycles. The zero-order chi connectivity index (χ0) is 24.6. The van der Waals surface area contributed by atoms with Gasteiger partial charge in [-0.05, 0) is 64.6 Å². The van der Waals surface area contributed by atoms with Crippen LogP contribution in [0.5, 0.6) is 0 Å². The molecule has 8 nitrogen and oxygen atoms in total. The minimum atomic E-state index is 0.249. The molecule has 2 N–H and O–H groups in total. The summed E-state index contributed by atoms with van der Waals surface area (Å²) in [5, 5.41) is 0. The third kappa shape index (κ3) is 6.57. The van der Waals surface area contributed by atoms with E-state index in [0.717, 1.165) is 49.2 Å². The van der Waals surface area contributed by atoms with Gasteiger partial charge in [-0.15, -0.1) is 0 Å². The lowest BCUT2D eigenvalue weighted by Gasteiger charge is -2.47. The van der Waals surface area contributed by atoms with Crippen LogP contribution in [0.1, 0.15) is 45.6 Å². The molecular weight excluding hydrogens is 428 g/mol. The van der Waals surface area contributed by atoms with Crippen LogP contribution in [-0.2, 0) is 9.53 Å². The smallest absolute Gasteiger partial charge is 0.293 e. The van der Waals surface area contributed by atoms with Gasteiger partial charge in [-0.3, -0.25) is 14.7 Å². The third-order valence-electron chi connectivity index (χ3n) is 7.04. The number of anilines is 1. The zero-order valence-corrected chi connectivity index (χ0v) is 21.3. The molecule has 1 saturated carbocycles. The Hall–Kier alpha value is -2.45. The first-order chi connectivity index (χ1) is 16.4. The van der Waals surface area contributed by atoms with Gasteiger partial charge in [0.15, 0.2) is 0 Å². The van der Waals surface area contributed by atoms with Crippen LogP contribution in [0.15, 0.2) is 29.5 Å². The first kappa shape index (κ1) is 26.2. The largest absolute Gasteiger partial charge is 0.468 e. The second kappa shape index (κ2) is 12.3. The molecular formula is C26H42N6O2. The Labute approximate surface area is 204 Å². The van der Waals surface area contributed by atoms with Gasteiger partial charge in [0, 0.05) is 81.1 Å². The number of nitrogens with two attached hydrogens (primary N) is 1. The Morgan fingerprint density at radius 2 is 2.06 bits per heavy atom. The molecule has 8 heteroatoms. The van der Waals surface area contributed by atoms with Gasteiger partial charge in [-0.25, -0.2) is 4.98 Å². The highest BCUT2D eigenvalue weighted by atomic mass is 16.5. The standard InChI is InChI=1S/C23H36N6.C3H6O2/c1-18(2)26-15-19(14-24)21-5-4-8-25-22(21)29-11-9-28(10-12-29)20-6-7-23(13-20)16-27(3)17-23;1-2-5-3-4/h4-5,8,14-15,18,20H,6-7,9-13,16-17,24H2,1-3H3;3H,2H2,1H3/b19-14+,26-15?;. The van der Waals surface area contributed by atoms with Gasteiger partial charge >= 0.3 is 0 Å². The van der Waals surface area contributed by atoms with E-state index in [0.29, 0.717) is 18.5 Å². The molecule has 1 atom stereocenters. The fourth-order valence-electron chi connectivity index (χ4n) is 5.55. The van der Waals surface area contributed by atoms with Crippen molar-refractivity contribution in [3.05, 3.63) is 30.1 Å². The summed E-state index contributed by atoms with van der Waals surface area (Å²) in [6.07, 6.45) is 9.58. The van der Waals surface area contributed by atoms with Crippen LogP contribution in [0, 0.1) is 5.41 Å². The second-order valence-corrected chi connectivity index (χ2v) is 10.0. The van der Waals surface area contributed by atoms with E-state index < -0.39 is 0 Å². The molecule has 3 aliphatic rings. The quantitative estimate of drug-likeness (QED) is 0.484. The van der Waals surface area contributed by atoms with Crippen LogP contribution in [0.3, 0.4) is 0 Å². The summed E-state index contributed by atoms with van der Waals surface area (Å²) in [6.45, 7) is 13.7. The zero-order valence-electron chi connectivity index (χ0n) is 21.3. The number of carbonyl (C=O) groups excluding carboxylic acids is 1. The van der Waals surface area contributed by atoms with Crippen molar-refractivity contribution in [3.8, 4) is 0 Å². The van der Waals surface area contributed by atoms with Crippen LogP contribution in [-0.4, -0.2) is 92.5 Å².